The van der Waals surface area contributed by atoms with Gasteiger partial charge >= 0.3 is 0 Å². The molecule has 9 heteroatoms. The van der Waals surface area contributed by atoms with Gasteiger partial charge in [-0.1, -0.05) is 38.1 Å². The minimum Gasteiger partial charge on any atom is -0.454 e. The first-order valence-corrected chi connectivity index (χ1v) is 10.7. The van der Waals surface area contributed by atoms with E-state index < -0.39 is 33.6 Å². The molecule has 2 aliphatic rings. The van der Waals surface area contributed by atoms with Gasteiger partial charge in [-0.05, 0) is 42.2 Å². The van der Waals surface area contributed by atoms with Crippen LogP contribution in [0.5, 0.6) is 5.75 Å². The van der Waals surface area contributed by atoms with Crippen LogP contribution >= 0.6 is 0 Å². The summed E-state index contributed by atoms with van der Waals surface area (Å²) in [6.07, 6.45) is 1.46. The number of ether oxygens (including phenoxy) is 1. The Morgan fingerprint density at radius 3 is 2.62 bits per heavy atom. The lowest BCUT2D eigenvalue weighted by molar-refractivity contribution is -0.385. The van der Waals surface area contributed by atoms with Crippen molar-refractivity contribution in [3.63, 3.8) is 0 Å². The van der Waals surface area contributed by atoms with Gasteiger partial charge < -0.3 is 15.2 Å². The standard InChI is InChI=1S/C25H21N3O6/c1-13(2)15-7-8-16-20(12-15)34-25(31)17-5-4-6-19(28(32)33)21(17)22(29)24(16,25)27-23(30)18-11-14(3)9-10-26-18/h4-13,31H,1-3H3,(H,27,30). The van der Waals surface area contributed by atoms with Crippen LogP contribution in [0.2, 0.25) is 0 Å². The van der Waals surface area contributed by atoms with E-state index in [2.05, 4.69) is 10.3 Å². The van der Waals surface area contributed by atoms with E-state index in [4.69, 9.17) is 4.74 Å². The van der Waals surface area contributed by atoms with Gasteiger partial charge in [0.05, 0.1) is 4.92 Å². The highest BCUT2D eigenvalue weighted by atomic mass is 16.6. The van der Waals surface area contributed by atoms with Crippen LogP contribution in [0.25, 0.3) is 0 Å². The summed E-state index contributed by atoms with van der Waals surface area (Å²) in [5.41, 5.74) is -1.06. The van der Waals surface area contributed by atoms with E-state index in [0.29, 0.717) is 0 Å². The van der Waals surface area contributed by atoms with E-state index in [1.807, 2.05) is 13.8 Å². The second kappa shape index (κ2) is 7.19. The highest BCUT2D eigenvalue weighted by Crippen LogP contribution is 2.59. The zero-order valence-corrected chi connectivity index (χ0v) is 18.7. The number of benzene rings is 2. The normalized spacial score (nSPS) is 22.1. The molecule has 0 spiro atoms. The van der Waals surface area contributed by atoms with Crippen LogP contribution in [-0.2, 0) is 11.3 Å². The predicted molar refractivity (Wildman–Crippen MR) is 121 cm³/mol. The molecular weight excluding hydrogens is 438 g/mol. The number of Topliss-reactive ketones (excluding diaryl/α,β-unsaturated/α-hetero) is 1. The Bertz CT molecular complexity index is 1400. The maximum Gasteiger partial charge on any atom is 0.280 e. The molecule has 0 bridgehead atoms. The SMILES string of the molecule is Cc1ccnc(C(=O)NC23C(=O)c4c([N+](=O)[O-])cccc4C2(O)Oc2cc(C(C)C)ccc23)c1. The molecule has 2 atom stereocenters. The molecule has 2 heterocycles. The summed E-state index contributed by atoms with van der Waals surface area (Å²) in [5.74, 6) is -3.58. The molecule has 1 aliphatic carbocycles. The van der Waals surface area contributed by atoms with Crippen LogP contribution in [0.4, 0.5) is 5.69 Å². The van der Waals surface area contributed by atoms with Gasteiger partial charge in [-0.3, -0.25) is 24.7 Å². The fourth-order valence-electron chi connectivity index (χ4n) is 4.75. The summed E-state index contributed by atoms with van der Waals surface area (Å²) in [5, 5.41) is 26.3. The molecule has 5 rings (SSSR count). The number of nitro benzene ring substituents is 1. The molecule has 0 saturated heterocycles. The van der Waals surface area contributed by atoms with Crippen LogP contribution < -0.4 is 10.1 Å². The summed E-state index contributed by atoms with van der Waals surface area (Å²) < 4.78 is 5.98. The van der Waals surface area contributed by atoms with Crippen molar-refractivity contribution < 1.29 is 24.4 Å². The van der Waals surface area contributed by atoms with Crippen LogP contribution in [0, 0.1) is 17.0 Å². The van der Waals surface area contributed by atoms with Crippen molar-refractivity contribution in [3.05, 3.63) is 98.4 Å². The summed E-state index contributed by atoms with van der Waals surface area (Å²) >= 11 is 0. The Kier molecular flexibility index (Phi) is 4.60. The van der Waals surface area contributed by atoms with Gasteiger partial charge in [0, 0.05) is 23.4 Å². The third-order valence-electron chi connectivity index (χ3n) is 6.46. The van der Waals surface area contributed by atoms with Gasteiger partial charge in [0.2, 0.25) is 11.3 Å². The minimum absolute atomic E-state index is 0.0298. The predicted octanol–water partition coefficient (Wildman–Crippen LogP) is 3.48. The smallest absolute Gasteiger partial charge is 0.280 e. The number of hydrogen-bond donors (Lipinski definition) is 2. The fraction of sp³-hybridized carbons (Fsp3) is 0.240. The topological polar surface area (TPSA) is 132 Å². The number of aliphatic hydroxyl groups is 1. The molecule has 172 valence electrons. The number of nitro groups is 1. The molecule has 34 heavy (non-hydrogen) atoms. The quantitative estimate of drug-likeness (QED) is 0.451. The number of nitrogens with one attached hydrogen (secondary N) is 1. The molecule has 0 saturated carbocycles. The van der Waals surface area contributed by atoms with Crippen molar-refractivity contribution in [2.45, 2.75) is 38.0 Å². The monoisotopic (exact) mass is 459 g/mol. The number of amides is 1. The van der Waals surface area contributed by atoms with E-state index in [9.17, 15) is 24.8 Å². The third kappa shape index (κ3) is 2.73. The number of nitrogens with zero attached hydrogens (tertiary/aromatic N) is 2. The average Bonchev–Trinajstić information content (AvgIpc) is 3.15. The van der Waals surface area contributed by atoms with Crippen molar-refractivity contribution in [2.75, 3.05) is 0 Å². The third-order valence-corrected chi connectivity index (χ3v) is 6.46. The maximum atomic E-state index is 14.0. The van der Waals surface area contributed by atoms with Gasteiger partial charge in [0.1, 0.15) is 17.0 Å². The molecular formula is C25H21N3O6. The number of aryl methyl sites for hydroxylation is 1. The number of rotatable bonds is 4. The van der Waals surface area contributed by atoms with Crippen LogP contribution in [0.15, 0.2) is 54.7 Å². The van der Waals surface area contributed by atoms with Crippen molar-refractivity contribution in [3.8, 4) is 5.75 Å². The minimum atomic E-state index is -2.39. The first kappa shape index (κ1) is 21.7. The molecule has 1 amide bonds. The van der Waals surface area contributed by atoms with Gasteiger partial charge in [-0.2, -0.15) is 0 Å². The summed E-state index contributed by atoms with van der Waals surface area (Å²) in [6, 6.07) is 12.3. The van der Waals surface area contributed by atoms with Crippen molar-refractivity contribution in [1.29, 1.82) is 0 Å². The van der Waals surface area contributed by atoms with E-state index in [1.54, 1.807) is 37.3 Å². The molecule has 1 aromatic heterocycles. The van der Waals surface area contributed by atoms with E-state index in [1.165, 1.54) is 24.4 Å². The first-order chi connectivity index (χ1) is 16.1. The fourth-order valence-corrected chi connectivity index (χ4v) is 4.75. The number of pyridine rings is 1. The second-order valence-electron chi connectivity index (χ2n) is 8.86. The first-order valence-electron chi connectivity index (χ1n) is 10.7. The largest absolute Gasteiger partial charge is 0.454 e. The lowest BCUT2D eigenvalue weighted by Crippen LogP contribution is -2.60. The van der Waals surface area contributed by atoms with Gasteiger partial charge in [0.15, 0.2) is 0 Å². The van der Waals surface area contributed by atoms with Crippen molar-refractivity contribution in [1.82, 2.24) is 10.3 Å². The summed E-state index contributed by atoms with van der Waals surface area (Å²) in [4.78, 5) is 42.4. The second-order valence-corrected chi connectivity index (χ2v) is 8.86. The van der Waals surface area contributed by atoms with Gasteiger partial charge in [-0.25, -0.2) is 0 Å². The zero-order chi connectivity index (χ0) is 24.4. The summed E-state index contributed by atoms with van der Waals surface area (Å²) in [6.45, 7) is 5.75. The molecule has 0 radical (unpaired) electrons. The van der Waals surface area contributed by atoms with Crippen LogP contribution in [0.1, 0.15) is 62.9 Å². The number of carbonyl (C=O) groups excluding carboxylic acids is 2. The highest BCUT2D eigenvalue weighted by Gasteiger charge is 2.73. The highest BCUT2D eigenvalue weighted by molar-refractivity contribution is 6.15. The van der Waals surface area contributed by atoms with E-state index in [0.717, 1.165) is 11.1 Å². The lowest BCUT2D eigenvalue weighted by atomic mass is 9.82. The molecule has 0 fully saturated rings. The number of ketones is 1. The number of aromatic nitrogens is 1. The van der Waals surface area contributed by atoms with Crippen LogP contribution in [-0.4, -0.2) is 26.7 Å². The molecule has 9 nitrogen and oxygen atoms in total. The Hall–Kier alpha value is -4.11. The van der Waals surface area contributed by atoms with Crippen LogP contribution in [0.3, 0.4) is 0 Å². The number of fused-ring (bicyclic) bond motifs is 5. The van der Waals surface area contributed by atoms with Crippen molar-refractivity contribution in [2.24, 2.45) is 0 Å². The molecule has 2 unspecified atom stereocenters. The van der Waals surface area contributed by atoms with E-state index in [-0.39, 0.29) is 34.1 Å². The van der Waals surface area contributed by atoms with E-state index >= 15 is 0 Å². The van der Waals surface area contributed by atoms with Gasteiger partial charge in [0.25, 0.3) is 17.4 Å². The number of hydrogen-bond acceptors (Lipinski definition) is 7. The Balaban J connectivity index is 1.76. The summed E-state index contributed by atoms with van der Waals surface area (Å²) in [7, 11) is 0. The average molecular weight is 459 g/mol. The zero-order valence-electron chi connectivity index (χ0n) is 18.7. The van der Waals surface area contributed by atoms with Crippen molar-refractivity contribution >= 4 is 17.4 Å². The van der Waals surface area contributed by atoms with Gasteiger partial charge in [-0.15, -0.1) is 0 Å². The Morgan fingerprint density at radius 1 is 1.18 bits per heavy atom. The lowest BCUT2D eigenvalue weighted by Gasteiger charge is -2.34. The maximum absolute atomic E-state index is 14.0. The Labute approximate surface area is 194 Å². The number of carbonyl (C=O) groups is 2. The molecule has 2 aromatic carbocycles. The molecule has 3 aromatic rings. The Morgan fingerprint density at radius 2 is 1.94 bits per heavy atom. The molecule has 1 aliphatic heterocycles. The molecule has 2 N–H and O–H groups in total.